The molecule has 1 aliphatic rings. The van der Waals surface area contributed by atoms with Gasteiger partial charge in [0.1, 0.15) is 5.75 Å². The van der Waals surface area contributed by atoms with Gasteiger partial charge in [0.2, 0.25) is 0 Å². The summed E-state index contributed by atoms with van der Waals surface area (Å²) in [6, 6.07) is 7.20. The number of likely N-dealkylation sites (tertiary alicyclic amines) is 1. The number of benzene rings is 1. The Hall–Kier alpha value is -1.73. The molecule has 1 aromatic carbocycles. The molecule has 24 heavy (non-hydrogen) atoms. The van der Waals surface area contributed by atoms with Gasteiger partial charge in [0, 0.05) is 25.2 Å². The summed E-state index contributed by atoms with van der Waals surface area (Å²) in [6.45, 7) is 1.10. The predicted molar refractivity (Wildman–Crippen MR) is 86.3 cm³/mol. The van der Waals surface area contributed by atoms with Crippen molar-refractivity contribution in [3.05, 3.63) is 29.8 Å². The molecule has 0 bridgehead atoms. The lowest BCUT2D eigenvalue weighted by atomic mass is 9.99. The number of halogens is 2. The summed E-state index contributed by atoms with van der Waals surface area (Å²) in [6.07, 6.45) is 1.83. The molecule has 1 unspecified atom stereocenters. The van der Waals surface area contributed by atoms with Crippen LogP contribution in [0.25, 0.3) is 0 Å². The van der Waals surface area contributed by atoms with Crippen LogP contribution in [-0.2, 0) is 4.79 Å². The van der Waals surface area contributed by atoms with Crippen LogP contribution in [0.4, 0.5) is 8.78 Å². The number of alkyl halides is 2. The number of hydrogen-bond acceptors (Lipinski definition) is 4. The fourth-order valence-corrected chi connectivity index (χ4v) is 3.19. The van der Waals surface area contributed by atoms with Crippen molar-refractivity contribution in [3.8, 4) is 5.75 Å². The van der Waals surface area contributed by atoms with E-state index >= 15 is 0 Å². The summed E-state index contributed by atoms with van der Waals surface area (Å²) in [5, 5.41) is 8.87. The van der Waals surface area contributed by atoms with E-state index < -0.39 is 12.6 Å². The van der Waals surface area contributed by atoms with Gasteiger partial charge in [-0.05, 0) is 44.5 Å². The monoisotopic (exact) mass is 342 g/mol. The second-order valence-corrected chi connectivity index (χ2v) is 6.20. The number of carbonyl (C=O) groups is 1. The topological polar surface area (TPSA) is 53.0 Å². The van der Waals surface area contributed by atoms with Crippen molar-refractivity contribution in [2.45, 2.75) is 38.5 Å². The molecule has 1 aromatic rings. The summed E-state index contributed by atoms with van der Waals surface area (Å²) in [4.78, 5) is 15.0. The summed E-state index contributed by atoms with van der Waals surface area (Å²) in [5.74, 6) is -0.644. The van der Waals surface area contributed by atoms with Gasteiger partial charge in [-0.2, -0.15) is 8.78 Å². The maximum absolute atomic E-state index is 12.2. The Kier molecular flexibility index (Phi) is 6.51. The summed E-state index contributed by atoms with van der Waals surface area (Å²) in [5.41, 5.74) is 1.05. The molecule has 0 spiro atoms. The molecule has 1 heterocycles. The van der Waals surface area contributed by atoms with Gasteiger partial charge < -0.3 is 9.84 Å². The molecule has 0 saturated carbocycles. The van der Waals surface area contributed by atoms with Crippen molar-refractivity contribution in [1.82, 2.24) is 9.80 Å². The Morgan fingerprint density at radius 3 is 2.42 bits per heavy atom. The maximum Gasteiger partial charge on any atom is 0.387 e. The molecular formula is C17H24F2N2O3. The van der Waals surface area contributed by atoms with Gasteiger partial charge in [0.15, 0.2) is 0 Å². The second kappa shape index (κ2) is 8.39. The molecule has 1 fully saturated rings. The Labute approximate surface area is 140 Å². The van der Waals surface area contributed by atoms with Crippen LogP contribution in [0.15, 0.2) is 24.3 Å². The van der Waals surface area contributed by atoms with Crippen LogP contribution in [0.2, 0.25) is 0 Å². The lowest BCUT2D eigenvalue weighted by molar-refractivity contribution is -0.138. The van der Waals surface area contributed by atoms with E-state index in [4.69, 9.17) is 5.11 Å². The van der Waals surface area contributed by atoms with Crippen LogP contribution in [-0.4, -0.2) is 60.2 Å². The van der Waals surface area contributed by atoms with E-state index in [1.165, 1.54) is 0 Å². The molecule has 0 amide bonds. The van der Waals surface area contributed by atoms with E-state index in [1.54, 1.807) is 12.1 Å². The second-order valence-electron chi connectivity index (χ2n) is 6.20. The van der Waals surface area contributed by atoms with E-state index in [9.17, 15) is 13.6 Å². The van der Waals surface area contributed by atoms with E-state index in [2.05, 4.69) is 16.6 Å². The van der Waals surface area contributed by atoms with Crippen molar-refractivity contribution in [2.75, 3.05) is 26.7 Å². The first-order valence-corrected chi connectivity index (χ1v) is 8.07. The quantitative estimate of drug-likeness (QED) is 0.826. The number of ether oxygens (including phenoxy) is 1. The SMILES string of the molecule is CC(c1ccc(OC(F)F)cc1)N1CCC(N(C)CC(=O)O)CC1. The summed E-state index contributed by atoms with van der Waals surface area (Å²) < 4.78 is 28.7. The van der Waals surface area contributed by atoms with Gasteiger partial charge in [0.05, 0.1) is 6.54 Å². The molecule has 1 aliphatic heterocycles. The third-order valence-electron chi connectivity index (χ3n) is 4.64. The van der Waals surface area contributed by atoms with Crippen LogP contribution >= 0.6 is 0 Å². The normalized spacial score (nSPS) is 18.1. The van der Waals surface area contributed by atoms with Crippen molar-refractivity contribution < 1.29 is 23.4 Å². The number of piperidine rings is 1. The number of rotatable bonds is 7. The Morgan fingerprint density at radius 1 is 1.33 bits per heavy atom. The van der Waals surface area contributed by atoms with Crippen molar-refractivity contribution in [2.24, 2.45) is 0 Å². The van der Waals surface area contributed by atoms with Crippen LogP contribution in [0, 0.1) is 0 Å². The number of likely N-dealkylation sites (N-methyl/N-ethyl adjacent to an activating group) is 1. The van der Waals surface area contributed by atoms with Gasteiger partial charge in [0.25, 0.3) is 0 Å². The first kappa shape index (κ1) is 18.6. The van der Waals surface area contributed by atoms with Crippen molar-refractivity contribution in [1.29, 1.82) is 0 Å². The Balaban J connectivity index is 1.88. The lowest BCUT2D eigenvalue weighted by Crippen LogP contribution is -2.45. The zero-order chi connectivity index (χ0) is 17.7. The summed E-state index contributed by atoms with van der Waals surface area (Å²) >= 11 is 0. The highest BCUT2D eigenvalue weighted by molar-refractivity contribution is 5.69. The highest BCUT2D eigenvalue weighted by atomic mass is 19.3. The largest absolute Gasteiger partial charge is 0.480 e. The minimum Gasteiger partial charge on any atom is -0.480 e. The first-order chi connectivity index (χ1) is 11.4. The van der Waals surface area contributed by atoms with E-state index in [1.807, 2.05) is 24.1 Å². The number of carboxylic acids is 1. The third kappa shape index (κ3) is 5.14. The minimum absolute atomic E-state index is 0.0613. The molecule has 0 aromatic heterocycles. The van der Waals surface area contributed by atoms with Gasteiger partial charge in [-0.3, -0.25) is 14.6 Å². The van der Waals surface area contributed by atoms with Crippen LogP contribution in [0.1, 0.15) is 31.4 Å². The molecule has 1 atom stereocenters. The fourth-order valence-electron chi connectivity index (χ4n) is 3.19. The Bertz CT molecular complexity index is 531. The maximum atomic E-state index is 12.2. The molecule has 1 saturated heterocycles. The predicted octanol–water partition coefficient (Wildman–Crippen LogP) is 2.83. The fraction of sp³-hybridized carbons (Fsp3) is 0.588. The molecule has 2 rings (SSSR count). The molecule has 7 heteroatoms. The van der Waals surface area contributed by atoms with Gasteiger partial charge in [-0.15, -0.1) is 0 Å². The highest BCUT2D eigenvalue weighted by Crippen LogP contribution is 2.27. The van der Waals surface area contributed by atoms with E-state index in [0.717, 1.165) is 31.5 Å². The smallest absolute Gasteiger partial charge is 0.387 e. The average molecular weight is 342 g/mol. The number of aliphatic carboxylic acids is 1. The zero-order valence-electron chi connectivity index (χ0n) is 14.0. The van der Waals surface area contributed by atoms with Gasteiger partial charge in [-0.1, -0.05) is 12.1 Å². The minimum atomic E-state index is -2.81. The average Bonchev–Trinajstić information content (AvgIpc) is 2.54. The number of carboxylic acid groups (broad SMARTS) is 1. The molecule has 0 radical (unpaired) electrons. The molecule has 0 aliphatic carbocycles. The standard InChI is InChI=1S/C17H24F2N2O3/c1-12(13-3-5-15(6-4-13)24-17(18)19)21-9-7-14(8-10-21)20(2)11-16(22)23/h3-6,12,14,17H,7-11H2,1-2H3,(H,22,23). The molecular weight excluding hydrogens is 318 g/mol. The van der Waals surface area contributed by atoms with Crippen molar-refractivity contribution in [3.63, 3.8) is 0 Å². The Morgan fingerprint density at radius 2 is 1.92 bits per heavy atom. The highest BCUT2D eigenvalue weighted by Gasteiger charge is 2.26. The van der Waals surface area contributed by atoms with Gasteiger partial charge in [-0.25, -0.2) is 0 Å². The van der Waals surface area contributed by atoms with Crippen LogP contribution in [0.3, 0.4) is 0 Å². The first-order valence-electron chi connectivity index (χ1n) is 8.07. The summed E-state index contributed by atoms with van der Waals surface area (Å²) in [7, 11) is 1.85. The van der Waals surface area contributed by atoms with E-state index in [-0.39, 0.29) is 24.4 Å². The van der Waals surface area contributed by atoms with Gasteiger partial charge >= 0.3 is 12.6 Å². The van der Waals surface area contributed by atoms with Crippen LogP contribution in [0.5, 0.6) is 5.75 Å². The van der Waals surface area contributed by atoms with Crippen LogP contribution < -0.4 is 4.74 Å². The molecule has 1 N–H and O–H groups in total. The number of hydrogen-bond donors (Lipinski definition) is 1. The number of nitrogens with zero attached hydrogens (tertiary/aromatic N) is 2. The molecule has 134 valence electrons. The molecule has 5 nitrogen and oxygen atoms in total. The van der Waals surface area contributed by atoms with Crippen molar-refractivity contribution >= 4 is 5.97 Å². The lowest BCUT2D eigenvalue weighted by Gasteiger charge is -2.39. The zero-order valence-corrected chi connectivity index (χ0v) is 14.0. The van der Waals surface area contributed by atoms with E-state index in [0.29, 0.717) is 0 Å². The third-order valence-corrected chi connectivity index (χ3v) is 4.64.